The summed E-state index contributed by atoms with van der Waals surface area (Å²) in [6.07, 6.45) is 0.183. The first-order chi connectivity index (χ1) is 15.3. The van der Waals surface area contributed by atoms with Crippen LogP contribution in [0.5, 0.6) is 0 Å². The van der Waals surface area contributed by atoms with Crippen molar-refractivity contribution in [1.82, 2.24) is 10.2 Å². The van der Waals surface area contributed by atoms with E-state index in [2.05, 4.69) is 5.32 Å². The number of hydrogen-bond donors (Lipinski definition) is 1. The molecule has 0 spiro atoms. The Bertz CT molecular complexity index is 1050. The molecule has 0 aliphatic carbocycles. The lowest BCUT2D eigenvalue weighted by atomic mass is 10.0. The fourth-order valence-electron chi connectivity index (χ4n) is 3.06. The molecule has 0 radical (unpaired) electrons. The summed E-state index contributed by atoms with van der Waals surface area (Å²) >= 11 is 7.35. The molecule has 1 saturated heterocycles. The number of β-lactam (4-membered cyclic amide) rings is 1. The summed E-state index contributed by atoms with van der Waals surface area (Å²) in [6, 6.07) is 8.55. The monoisotopic (exact) mass is 477 g/mol. The number of alkyl halides is 1. The lowest BCUT2D eigenvalue weighted by molar-refractivity contribution is -0.384. The smallest absolute Gasteiger partial charge is 0.355 e. The van der Waals surface area contributed by atoms with Crippen LogP contribution in [-0.4, -0.2) is 46.1 Å². The molecule has 1 fully saturated rings. The summed E-state index contributed by atoms with van der Waals surface area (Å²) in [6.45, 7) is 1.62. The van der Waals surface area contributed by atoms with Gasteiger partial charge in [0.15, 0.2) is 0 Å². The minimum Gasteiger partial charge on any atom is -0.456 e. The number of carbonyl (C=O) groups is 3. The van der Waals surface area contributed by atoms with Gasteiger partial charge in [0.25, 0.3) is 11.6 Å². The number of allylic oxidation sites excluding steroid dienone is 1. The van der Waals surface area contributed by atoms with Gasteiger partial charge in [0, 0.05) is 22.9 Å². The fraction of sp³-hybridized carbons (Fsp3) is 0.286. The van der Waals surface area contributed by atoms with E-state index in [1.54, 1.807) is 6.92 Å². The van der Waals surface area contributed by atoms with Gasteiger partial charge in [0.05, 0.1) is 17.9 Å². The minimum atomic E-state index is -0.738. The van der Waals surface area contributed by atoms with Crippen LogP contribution in [0.4, 0.5) is 5.69 Å². The summed E-state index contributed by atoms with van der Waals surface area (Å²) < 4.78 is 5.30. The Kier molecular flexibility index (Phi) is 7.60. The second-order valence-corrected chi connectivity index (χ2v) is 8.39. The molecular formula is C21H20ClN3O6S. The largest absolute Gasteiger partial charge is 0.456 e. The van der Waals surface area contributed by atoms with Crippen molar-refractivity contribution in [3.8, 4) is 0 Å². The average molecular weight is 478 g/mol. The maximum absolute atomic E-state index is 12.7. The fourth-order valence-corrected chi connectivity index (χ4v) is 3.89. The lowest BCUT2D eigenvalue weighted by Crippen LogP contribution is -2.64. The van der Waals surface area contributed by atoms with Gasteiger partial charge in [-0.25, -0.2) is 4.79 Å². The van der Waals surface area contributed by atoms with E-state index in [-0.39, 0.29) is 42.7 Å². The average Bonchev–Trinajstić information content (AvgIpc) is 3.29. The van der Waals surface area contributed by atoms with Crippen LogP contribution < -0.4 is 5.32 Å². The van der Waals surface area contributed by atoms with Gasteiger partial charge in [0.1, 0.15) is 18.3 Å². The molecule has 0 bridgehead atoms. The molecule has 2 aromatic rings. The molecule has 1 atom stereocenters. The van der Waals surface area contributed by atoms with Crippen LogP contribution in [0.3, 0.4) is 0 Å². The number of nitro groups is 1. The summed E-state index contributed by atoms with van der Waals surface area (Å²) in [7, 11) is 0. The molecule has 32 heavy (non-hydrogen) atoms. The first kappa shape index (κ1) is 23.4. The van der Waals surface area contributed by atoms with E-state index in [9.17, 15) is 24.5 Å². The molecule has 1 aromatic heterocycles. The third kappa shape index (κ3) is 5.51. The predicted octanol–water partition coefficient (Wildman–Crippen LogP) is 2.78. The van der Waals surface area contributed by atoms with Crippen molar-refractivity contribution in [2.75, 3.05) is 12.4 Å². The van der Waals surface area contributed by atoms with Gasteiger partial charge >= 0.3 is 5.97 Å². The topological polar surface area (TPSA) is 119 Å². The number of amides is 2. The van der Waals surface area contributed by atoms with E-state index in [1.807, 2.05) is 17.5 Å². The second kappa shape index (κ2) is 10.4. The number of thiophene rings is 1. The molecule has 1 N–H and O–H groups in total. The van der Waals surface area contributed by atoms with Gasteiger partial charge in [-0.2, -0.15) is 0 Å². The van der Waals surface area contributed by atoms with Crippen LogP contribution in [-0.2, 0) is 32.1 Å². The molecule has 2 heterocycles. The number of esters is 1. The zero-order chi connectivity index (χ0) is 23.3. The number of nitrogens with zero attached hydrogens (tertiary/aromatic N) is 2. The van der Waals surface area contributed by atoms with Crippen molar-refractivity contribution >= 4 is 46.4 Å². The quantitative estimate of drug-likeness (QED) is 0.148. The lowest BCUT2D eigenvalue weighted by Gasteiger charge is -2.39. The Morgan fingerprint density at radius 2 is 2.03 bits per heavy atom. The van der Waals surface area contributed by atoms with Crippen LogP contribution in [0.25, 0.3) is 0 Å². The van der Waals surface area contributed by atoms with Crippen molar-refractivity contribution in [2.45, 2.75) is 26.0 Å². The summed E-state index contributed by atoms with van der Waals surface area (Å²) in [5.41, 5.74) is 0.977. The maximum Gasteiger partial charge on any atom is 0.355 e. The molecule has 1 aliphatic heterocycles. The van der Waals surface area contributed by atoms with Crippen LogP contribution in [0.1, 0.15) is 17.4 Å². The zero-order valence-corrected chi connectivity index (χ0v) is 18.6. The van der Waals surface area contributed by atoms with Gasteiger partial charge in [-0.15, -0.1) is 22.9 Å². The van der Waals surface area contributed by atoms with E-state index in [1.165, 1.54) is 40.5 Å². The molecule has 1 aromatic carbocycles. The highest BCUT2D eigenvalue weighted by Crippen LogP contribution is 2.23. The van der Waals surface area contributed by atoms with E-state index in [0.29, 0.717) is 11.1 Å². The van der Waals surface area contributed by atoms with Crippen LogP contribution in [0.15, 0.2) is 53.0 Å². The van der Waals surface area contributed by atoms with E-state index in [4.69, 9.17) is 16.3 Å². The Labute approximate surface area is 192 Å². The molecule has 0 saturated carbocycles. The van der Waals surface area contributed by atoms with Gasteiger partial charge < -0.3 is 15.0 Å². The number of likely N-dealkylation sites (tertiary alicyclic amines) is 1. The molecular weight excluding hydrogens is 458 g/mol. The predicted molar refractivity (Wildman–Crippen MR) is 118 cm³/mol. The van der Waals surface area contributed by atoms with Crippen LogP contribution in [0.2, 0.25) is 0 Å². The minimum absolute atomic E-state index is 0.0150. The van der Waals surface area contributed by atoms with Crippen LogP contribution >= 0.6 is 22.9 Å². The highest BCUT2D eigenvalue weighted by molar-refractivity contribution is 7.10. The van der Waals surface area contributed by atoms with E-state index in [0.717, 1.165) is 4.88 Å². The zero-order valence-electron chi connectivity index (χ0n) is 17.1. The van der Waals surface area contributed by atoms with Gasteiger partial charge in [-0.3, -0.25) is 19.7 Å². The normalized spacial score (nSPS) is 16.1. The first-order valence-corrected chi connectivity index (χ1v) is 11.0. The summed E-state index contributed by atoms with van der Waals surface area (Å²) in [4.78, 5) is 49.8. The Morgan fingerprint density at radius 3 is 2.59 bits per heavy atom. The standard InChI is InChI=1S/C21H20ClN3O6S/c1-13(10-22)19(21(28)31-12-14-4-6-15(7-5-14)25(29)30)24-11-17(20(24)27)23-18(26)9-16-3-2-8-32-16/h2-8,17H,9-12H2,1H3,(H,23,26). The third-order valence-electron chi connectivity index (χ3n) is 4.76. The molecule has 1 aliphatic rings. The number of non-ortho nitro benzene ring substituents is 1. The number of benzene rings is 1. The second-order valence-electron chi connectivity index (χ2n) is 7.09. The Morgan fingerprint density at radius 1 is 1.31 bits per heavy atom. The number of halogens is 1. The van der Waals surface area contributed by atoms with E-state index >= 15 is 0 Å². The third-order valence-corrected chi connectivity index (χ3v) is 6.04. The van der Waals surface area contributed by atoms with Crippen molar-refractivity contribution in [3.05, 3.63) is 73.6 Å². The van der Waals surface area contributed by atoms with Gasteiger partial charge in [-0.05, 0) is 41.6 Å². The van der Waals surface area contributed by atoms with Crippen molar-refractivity contribution < 1.29 is 24.0 Å². The van der Waals surface area contributed by atoms with E-state index < -0.39 is 22.8 Å². The number of ether oxygens (including phenoxy) is 1. The highest BCUT2D eigenvalue weighted by Gasteiger charge is 2.42. The molecule has 1 unspecified atom stereocenters. The Balaban J connectivity index is 1.59. The van der Waals surface area contributed by atoms with Crippen molar-refractivity contribution in [3.63, 3.8) is 0 Å². The molecule has 168 valence electrons. The number of nitrogens with one attached hydrogen (secondary N) is 1. The molecule has 2 amide bonds. The maximum atomic E-state index is 12.7. The number of rotatable bonds is 9. The molecule has 11 heteroatoms. The number of carbonyl (C=O) groups excluding carboxylic acids is 3. The number of nitro benzene ring substituents is 1. The summed E-state index contributed by atoms with van der Waals surface area (Å²) in [5, 5.41) is 15.3. The first-order valence-electron chi connectivity index (χ1n) is 9.59. The van der Waals surface area contributed by atoms with Crippen LogP contribution in [0, 0.1) is 10.1 Å². The number of hydrogen-bond acceptors (Lipinski definition) is 7. The summed E-state index contributed by atoms with van der Waals surface area (Å²) in [5.74, 6) is -1.42. The Hall–Kier alpha value is -3.24. The SMILES string of the molecule is CC(CCl)=C(C(=O)OCc1ccc([N+](=O)[O-])cc1)N1CC(NC(=O)Cc2cccs2)C1=O. The van der Waals surface area contributed by atoms with Crippen molar-refractivity contribution in [2.24, 2.45) is 0 Å². The molecule has 3 rings (SSSR count). The van der Waals surface area contributed by atoms with Gasteiger partial charge in [-0.1, -0.05) is 6.07 Å². The van der Waals surface area contributed by atoms with Gasteiger partial charge in [0.2, 0.25) is 5.91 Å². The molecule has 9 nitrogen and oxygen atoms in total. The van der Waals surface area contributed by atoms with Crippen molar-refractivity contribution in [1.29, 1.82) is 0 Å². The highest BCUT2D eigenvalue weighted by atomic mass is 35.5.